The summed E-state index contributed by atoms with van der Waals surface area (Å²) in [5.41, 5.74) is 6.06. The number of nitrogens with two attached hydrogens (primary N) is 1. The van der Waals surface area contributed by atoms with Gasteiger partial charge in [0, 0.05) is 19.7 Å². The Morgan fingerprint density at radius 1 is 1.44 bits per heavy atom. The fourth-order valence-electron chi connectivity index (χ4n) is 2.11. The van der Waals surface area contributed by atoms with Crippen molar-refractivity contribution in [3.63, 3.8) is 0 Å². The van der Waals surface area contributed by atoms with Gasteiger partial charge in [0.25, 0.3) is 0 Å². The van der Waals surface area contributed by atoms with Crippen LogP contribution in [-0.2, 0) is 4.74 Å². The number of rotatable bonds is 4. The Hall–Kier alpha value is -1.27. The highest BCUT2D eigenvalue weighted by Gasteiger charge is 2.23. The molecule has 0 aromatic carbocycles. The molecule has 1 aromatic heterocycles. The van der Waals surface area contributed by atoms with E-state index >= 15 is 0 Å². The zero-order valence-electron chi connectivity index (χ0n) is 10.3. The molecular weight excluding hydrogens is 250 g/mol. The Kier molecular flexibility index (Phi) is 4.43. The summed E-state index contributed by atoms with van der Waals surface area (Å²) in [6.45, 7) is 0. The molecule has 0 radical (unpaired) electrons. The molecule has 5 nitrogen and oxygen atoms in total. The molecule has 2 atom stereocenters. The molecule has 0 spiro atoms. The molecule has 1 aromatic rings. The highest BCUT2D eigenvalue weighted by atomic mass is 32.1. The van der Waals surface area contributed by atoms with Crippen molar-refractivity contribution in [3.8, 4) is 6.01 Å². The number of aromatic nitrogens is 2. The maximum atomic E-state index is 5.76. The summed E-state index contributed by atoms with van der Waals surface area (Å²) < 4.78 is 11.1. The van der Waals surface area contributed by atoms with Gasteiger partial charge >= 0.3 is 6.01 Å². The zero-order chi connectivity index (χ0) is 13.0. The van der Waals surface area contributed by atoms with Crippen LogP contribution in [0, 0.1) is 0 Å². The van der Waals surface area contributed by atoms with Crippen LogP contribution in [0.5, 0.6) is 6.01 Å². The molecule has 2 rings (SSSR count). The van der Waals surface area contributed by atoms with E-state index in [0.717, 1.165) is 25.7 Å². The van der Waals surface area contributed by atoms with Crippen LogP contribution >= 0.6 is 12.2 Å². The van der Waals surface area contributed by atoms with Crippen LogP contribution in [0.25, 0.3) is 0 Å². The van der Waals surface area contributed by atoms with Crippen molar-refractivity contribution in [2.75, 3.05) is 7.11 Å². The first kappa shape index (κ1) is 13.2. The number of nitrogens with zero attached hydrogens (tertiary/aromatic N) is 2. The molecule has 6 heteroatoms. The van der Waals surface area contributed by atoms with E-state index < -0.39 is 0 Å². The minimum Gasteiger partial charge on any atom is -0.460 e. The van der Waals surface area contributed by atoms with E-state index in [9.17, 15) is 0 Å². The number of methoxy groups -OCH3 is 1. The second-order valence-electron chi connectivity index (χ2n) is 4.35. The van der Waals surface area contributed by atoms with Crippen LogP contribution in [0.4, 0.5) is 0 Å². The first-order valence-corrected chi connectivity index (χ1v) is 6.42. The number of hydrogen-bond acceptors (Lipinski definition) is 5. The quantitative estimate of drug-likeness (QED) is 0.833. The standard InChI is InChI=1S/C12H17N3O2S/c1-16-8-3-2-4-9(7-8)17-12-14-6-5-10(15-12)11(13)18/h5-6,8-9H,2-4,7H2,1H3,(H2,13,18). The van der Waals surface area contributed by atoms with Crippen molar-refractivity contribution in [1.29, 1.82) is 0 Å². The van der Waals surface area contributed by atoms with Gasteiger partial charge in [-0.25, -0.2) is 4.98 Å². The molecule has 18 heavy (non-hydrogen) atoms. The van der Waals surface area contributed by atoms with Crippen LogP contribution < -0.4 is 10.5 Å². The Morgan fingerprint density at radius 2 is 2.22 bits per heavy atom. The summed E-state index contributed by atoms with van der Waals surface area (Å²) in [6.07, 6.45) is 6.03. The lowest BCUT2D eigenvalue weighted by Gasteiger charge is -2.27. The number of thiocarbonyl (C=S) groups is 1. The molecule has 98 valence electrons. The summed E-state index contributed by atoms with van der Waals surface area (Å²) in [5, 5.41) is 0. The van der Waals surface area contributed by atoms with Crippen LogP contribution in [0.2, 0.25) is 0 Å². The smallest absolute Gasteiger partial charge is 0.317 e. The molecule has 2 N–H and O–H groups in total. The normalized spacial score (nSPS) is 23.6. The van der Waals surface area contributed by atoms with Crippen molar-refractivity contribution >= 4 is 17.2 Å². The van der Waals surface area contributed by atoms with Crippen LogP contribution in [0.15, 0.2) is 12.3 Å². The van der Waals surface area contributed by atoms with E-state index in [0.29, 0.717) is 11.7 Å². The van der Waals surface area contributed by atoms with Gasteiger partial charge in [-0.2, -0.15) is 4.98 Å². The van der Waals surface area contributed by atoms with E-state index in [4.69, 9.17) is 27.4 Å². The average molecular weight is 267 g/mol. The predicted molar refractivity (Wildman–Crippen MR) is 71.6 cm³/mol. The summed E-state index contributed by atoms with van der Waals surface area (Å²) in [7, 11) is 1.73. The molecule has 2 unspecified atom stereocenters. The molecule has 0 saturated heterocycles. The summed E-state index contributed by atoms with van der Waals surface area (Å²) in [6, 6.07) is 2.01. The van der Waals surface area contributed by atoms with E-state index in [1.54, 1.807) is 19.4 Å². The van der Waals surface area contributed by atoms with Gasteiger partial charge in [0.05, 0.1) is 6.10 Å². The van der Waals surface area contributed by atoms with Crippen molar-refractivity contribution in [3.05, 3.63) is 18.0 Å². The van der Waals surface area contributed by atoms with Crippen LogP contribution in [-0.4, -0.2) is 34.3 Å². The minimum atomic E-state index is 0.102. The maximum absolute atomic E-state index is 5.76. The first-order valence-electron chi connectivity index (χ1n) is 6.01. The van der Waals surface area contributed by atoms with Gasteiger partial charge in [0.15, 0.2) is 0 Å². The molecule has 0 bridgehead atoms. The zero-order valence-corrected chi connectivity index (χ0v) is 11.2. The molecule has 1 aliphatic rings. The lowest BCUT2D eigenvalue weighted by molar-refractivity contribution is 0.0178. The molecule has 1 aliphatic carbocycles. The highest BCUT2D eigenvalue weighted by molar-refractivity contribution is 7.80. The summed E-state index contributed by atoms with van der Waals surface area (Å²) in [4.78, 5) is 8.50. The summed E-state index contributed by atoms with van der Waals surface area (Å²) >= 11 is 4.88. The monoisotopic (exact) mass is 267 g/mol. The van der Waals surface area contributed by atoms with Gasteiger partial charge < -0.3 is 15.2 Å². The van der Waals surface area contributed by atoms with Gasteiger partial charge in [-0.3, -0.25) is 0 Å². The molecule has 1 saturated carbocycles. The fraction of sp³-hybridized carbons (Fsp3) is 0.583. The summed E-state index contributed by atoms with van der Waals surface area (Å²) in [5.74, 6) is 0. The van der Waals surface area contributed by atoms with Crippen LogP contribution in [0.1, 0.15) is 31.4 Å². The Balaban J connectivity index is 2.00. The minimum absolute atomic E-state index is 0.102. The Labute approximate surface area is 112 Å². The lowest BCUT2D eigenvalue weighted by atomic mass is 9.95. The van der Waals surface area contributed by atoms with Crippen molar-refractivity contribution < 1.29 is 9.47 Å². The second-order valence-corrected chi connectivity index (χ2v) is 4.79. The molecule has 0 amide bonds. The maximum Gasteiger partial charge on any atom is 0.317 e. The van der Waals surface area contributed by atoms with E-state index in [-0.39, 0.29) is 17.2 Å². The van der Waals surface area contributed by atoms with Crippen molar-refractivity contribution in [1.82, 2.24) is 9.97 Å². The van der Waals surface area contributed by atoms with Gasteiger partial charge in [0.1, 0.15) is 16.8 Å². The molecule has 1 heterocycles. The molecule has 1 fully saturated rings. The SMILES string of the molecule is COC1CCCC(Oc2nccc(C(N)=S)n2)C1. The third-order valence-electron chi connectivity index (χ3n) is 3.07. The third-order valence-corrected chi connectivity index (χ3v) is 3.28. The van der Waals surface area contributed by atoms with Crippen molar-refractivity contribution in [2.45, 2.75) is 37.9 Å². The largest absolute Gasteiger partial charge is 0.460 e. The number of hydrogen-bond donors (Lipinski definition) is 1. The Morgan fingerprint density at radius 3 is 2.94 bits per heavy atom. The average Bonchev–Trinajstić information content (AvgIpc) is 2.39. The topological polar surface area (TPSA) is 70.3 Å². The van der Waals surface area contributed by atoms with Crippen molar-refractivity contribution in [2.24, 2.45) is 5.73 Å². The highest BCUT2D eigenvalue weighted by Crippen LogP contribution is 2.23. The fourth-order valence-corrected chi connectivity index (χ4v) is 2.22. The Bertz CT molecular complexity index is 428. The molecule has 0 aliphatic heterocycles. The van der Waals surface area contributed by atoms with Crippen LogP contribution in [0.3, 0.4) is 0 Å². The van der Waals surface area contributed by atoms with E-state index in [1.165, 1.54) is 0 Å². The van der Waals surface area contributed by atoms with Gasteiger partial charge in [0.2, 0.25) is 0 Å². The van der Waals surface area contributed by atoms with Gasteiger partial charge in [-0.05, 0) is 25.3 Å². The second kappa shape index (κ2) is 6.06. The van der Waals surface area contributed by atoms with E-state index in [1.807, 2.05) is 0 Å². The lowest BCUT2D eigenvalue weighted by Crippen LogP contribution is -2.30. The first-order chi connectivity index (χ1) is 8.69. The van der Waals surface area contributed by atoms with Gasteiger partial charge in [-0.1, -0.05) is 12.2 Å². The molecular formula is C12H17N3O2S. The van der Waals surface area contributed by atoms with Gasteiger partial charge in [-0.15, -0.1) is 0 Å². The third kappa shape index (κ3) is 3.36. The number of ether oxygens (including phenoxy) is 2. The van der Waals surface area contributed by atoms with E-state index in [2.05, 4.69) is 9.97 Å². The predicted octanol–water partition coefficient (Wildman–Crippen LogP) is 1.45.